The highest BCUT2D eigenvalue weighted by Crippen LogP contribution is 2.40. The molecule has 0 atom stereocenters. The average Bonchev–Trinajstić information content (AvgIpc) is 3.19. The number of carbonyl (C=O) groups excluding carboxylic acids is 2. The number of sulfonamides is 1. The van der Waals surface area contributed by atoms with Gasteiger partial charge in [0.2, 0.25) is 10.0 Å². The zero-order valence-electron chi connectivity index (χ0n) is 36.3. The highest BCUT2D eigenvalue weighted by atomic mass is 32.2. The first-order chi connectivity index (χ1) is 28.8. The van der Waals surface area contributed by atoms with Crippen LogP contribution >= 0.6 is 0 Å². The summed E-state index contributed by atoms with van der Waals surface area (Å²) >= 11 is 0. The fourth-order valence-corrected chi connectivity index (χ4v) is 7.23. The molecule has 0 bridgehead atoms. The molecule has 15 nitrogen and oxygen atoms in total. The molecule has 4 aromatic rings. The minimum Gasteiger partial charge on any atom is -0.496 e. The van der Waals surface area contributed by atoms with Gasteiger partial charge in [-0.05, 0) is 68.2 Å². The number of anilines is 4. The number of hydrogen-bond donors (Lipinski definition) is 5. The van der Waals surface area contributed by atoms with E-state index in [1.807, 2.05) is 45.0 Å². The van der Waals surface area contributed by atoms with Crippen molar-refractivity contribution in [2.75, 3.05) is 74.0 Å². The van der Waals surface area contributed by atoms with E-state index < -0.39 is 16.1 Å². The zero-order chi connectivity index (χ0) is 44.5. The van der Waals surface area contributed by atoms with Gasteiger partial charge in [0, 0.05) is 60.0 Å². The summed E-state index contributed by atoms with van der Waals surface area (Å²) in [5.41, 5.74) is 2.24. The molecule has 1 aliphatic heterocycles. The van der Waals surface area contributed by atoms with Crippen LogP contribution in [0.2, 0.25) is 0 Å². The van der Waals surface area contributed by atoms with Gasteiger partial charge in [0.15, 0.2) is 5.75 Å². The summed E-state index contributed by atoms with van der Waals surface area (Å²) in [5, 5.41) is 13.4. The van der Waals surface area contributed by atoms with Crippen LogP contribution in [0.15, 0.2) is 103 Å². The lowest BCUT2D eigenvalue weighted by Gasteiger charge is -2.42. The second-order valence-electron chi connectivity index (χ2n) is 16.2. The van der Waals surface area contributed by atoms with Gasteiger partial charge >= 0.3 is 6.03 Å². The first-order valence-corrected chi connectivity index (χ1v) is 21.6. The monoisotopic (exact) mass is 855 g/mol. The van der Waals surface area contributed by atoms with E-state index in [1.54, 1.807) is 61.7 Å². The highest BCUT2D eigenvalue weighted by molar-refractivity contribution is 7.92. The summed E-state index contributed by atoms with van der Waals surface area (Å²) in [6, 6.07) is 17.3. The van der Waals surface area contributed by atoms with Crippen molar-refractivity contribution in [1.29, 1.82) is 0 Å². The molecule has 5 N–H and O–H groups in total. The van der Waals surface area contributed by atoms with E-state index in [4.69, 9.17) is 18.9 Å². The lowest BCUT2D eigenvalue weighted by molar-refractivity contribution is -0.118. The van der Waals surface area contributed by atoms with Crippen molar-refractivity contribution in [3.8, 4) is 17.2 Å². The summed E-state index contributed by atoms with van der Waals surface area (Å²) in [5.74, 6) is 1.74. The van der Waals surface area contributed by atoms with Crippen molar-refractivity contribution in [3.05, 3.63) is 108 Å². The number of hydrogen-bond acceptors (Lipinski definition) is 11. The van der Waals surface area contributed by atoms with Crippen LogP contribution in [-0.2, 0) is 29.7 Å². The van der Waals surface area contributed by atoms with Gasteiger partial charge < -0.3 is 40.2 Å². The fraction of sp³-hybridized carbons (Fsp3) is 0.356. The average molecular weight is 856 g/mol. The number of morpholine rings is 1. The molecular weight excluding hydrogens is 799 g/mol. The lowest BCUT2D eigenvalue weighted by Crippen LogP contribution is -2.54. The van der Waals surface area contributed by atoms with E-state index >= 15 is 0 Å². The number of nitrogens with zero attached hydrogens (tertiary/aromatic N) is 2. The number of rotatable bonds is 16. The molecule has 326 valence electrons. The Morgan fingerprint density at radius 1 is 0.984 bits per heavy atom. The molecule has 1 saturated heterocycles. The maximum atomic E-state index is 13.5. The number of ether oxygens (including phenoxy) is 4. The number of methoxy groups -OCH3 is 2. The third-order valence-corrected chi connectivity index (χ3v) is 10.6. The Morgan fingerprint density at radius 2 is 1.69 bits per heavy atom. The van der Waals surface area contributed by atoms with Crippen molar-refractivity contribution in [2.45, 2.75) is 52.5 Å². The van der Waals surface area contributed by atoms with Gasteiger partial charge in [-0.3, -0.25) is 14.4 Å². The van der Waals surface area contributed by atoms with Gasteiger partial charge in [-0.2, -0.15) is 0 Å². The van der Waals surface area contributed by atoms with Crippen LogP contribution in [0.3, 0.4) is 0 Å². The Hall–Kier alpha value is -6.10. The second-order valence-corrected chi connectivity index (χ2v) is 17.9. The number of fused-ring (bicyclic) bond motifs is 1. The van der Waals surface area contributed by atoms with Gasteiger partial charge in [0.05, 0.1) is 56.3 Å². The zero-order valence-corrected chi connectivity index (χ0v) is 37.1. The maximum Gasteiger partial charge on any atom is 0.323 e. The molecule has 5 rings (SSSR count). The van der Waals surface area contributed by atoms with E-state index in [0.29, 0.717) is 71.7 Å². The van der Waals surface area contributed by atoms with Crippen LogP contribution in [0.25, 0.3) is 10.8 Å². The first kappa shape index (κ1) is 46.0. The van der Waals surface area contributed by atoms with Crippen LogP contribution in [0.5, 0.6) is 17.2 Å². The minimum atomic E-state index is -3.65. The van der Waals surface area contributed by atoms with Crippen LogP contribution in [-0.4, -0.2) is 89.1 Å². The van der Waals surface area contributed by atoms with Crippen molar-refractivity contribution < 1.29 is 37.0 Å². The molecular formula is C45H57N7O8S. The van der Waals surface area contributed by atoms with E-state index in [9.17, 15) is 18.0 Å². The van der Waals surface area contributed by atoms with Crippen molar-refractivity contribution >= 4 is 55.6 Å². The Morgan fingerprint density at radius 3 is 2.34 bits per heavy atom. The molecule has 61 heavy (non-hydrogen) atoms. The van der Waals surface area contributed by atoms with E-state index in [0.717, 1.165) is 23.8 Å². The number of benzene rings is 3. The quantitative estimate of drug-likeness (QED) is 0.0419. The van der Waals surface area contributed by atoms with Crippen LogP contribution in [0.1, 0.15) is 47.1 Å². The smallest absolute Gasteiger partial charge is 0.323 e. The lowest BCUT2D eigenvalue weighted by atomic mass is 9.86. The van der Waals surface area contributed by atoms with Crippen LogP contribution < -0.4 is 35.5 Å². The van der Waals surface area contributed by atoms with Gasteiger partial charge in [-0.1, -0.05) is 51.6 Å². The van der Waals surface area contributed by atoms with Crippen molar-refractivity contribution in [1.82, 2.24) is 15.2 Å². The third-order valence-electron chi connectivity index (χ3n) is 9.99. The molecule has 3 amide bonds. The number of amides is 3. The SMILES string of the molecule is C=C/C(=C\C(OC)=C(/C)C(=O)NCCN1CCOCC1(C)C)Nc1cc(Oc2ccc(NC(=O)Nc3cc(C(C)(C)C)cc(NS(C)(=O)=O)c3OC)c3ccccc23)ccn1. The summed E-state index contributed by atoms with van der Waals surface area (Å²) < 4.78 is 50.0. The molecule has 1 aromatic heterocycles. The number of nitrogens with one attached hydrogen (secondary N) is 5. The number of carbonyl (C=O) groups is 2. The Balaban J connectivity index is 1.30. The molecule has 3 aromatic carbocycles. The highest BCUT2D eigenvalue weighted by Gasteiger charge is 2.30. The molecule has 0 aliphatic carbocycles. The summed E-state index contributed by atoms with van der Waals surface area (Å²) in [4.78, 5) is 33.4. The Kier molecular flexibility index (Phi) is 14.7. The van der Waals surface area contributed by atoms with E-state index in [1.165, 1.54) is 14.2 Å². The minimum absolute atomic E-state index is 0.0992. The predicted octanol–water partition coefficient (Wildman–Crippen LogP) is 7.98. The topological polar surface area (TPSA) is 181 Å². The molecule has 1 aliphatic rings. The van der Waals surface area contributed by atoms with Crippen LogP contribution in [0, 0.1) is 0 Å². The molecule has 0 spiro atoms. The van der Waals surface area contributed by atoms with Gasteiger partial charge in [0.1, 0.15) is 23.1 Å². The molecule has 2 heterocycles. The van der Waals surface area contributed by atoms with Crippen LogP contribution in [0.4, 0.5) is 27.7 Å². The number of aromatic nitrogens is 1. The van der Waals surface area contributed by atoms with E-state index in [2.05, 4.69) is 56.3 Å². The summed E-state index contributed by atoms with van der Waals surface area (Å²) in [7, 11) is -0.744. The summed E-state index contributed by atoms with van der Waals surface area (Å²) in [6.45, 7) is 19.1. The number of pyridine rings is 1. The largest absolute Gasteiger partial charge is 0.496 e. The molecule has 0 unspecified atom stereocenters. The Labute approximate surface area is 358 Å². The second kappa shape index (κ2) is 19.5. The molecule has 16 heteroatoms. The summed E-state index contributed by atoms with van der Waals surface area (Å²) in [6.07, 6.45) is 5.92. The molecule has 1 fully saturated rings. The Bertz CT molecular complexity index is 2440. The normalized spacial score (nSPS) is 14.9. The number of allylic oxidation sites excluding steroid dienone is 2. The standard InChI is InChI=1S/C45H57N7O8S/c1-11-31(26-39(57-8)29(2)42(53)47-20-21-52-22-23-59-28-45(52,6)7)48-40-27-32(18-19-46-40)60-38-17-16-35(33-14-12-13-15-34(33)38)49-43(54)50-36-24-30(44(3,4)5)25-37(41(36)58-9)51-61(10,55)56/h11-19,24-27,51H,1,20-23,28H2,2-10H3,(H,46,48)(H,47,53)(H2,49,50,54)/b31-26+,39-29-. The van der Waals surface area contributed by atoms with Crippen molar-refractivity contribution in [2.24, 2.45) is 0 Å². The predicted molar refractivity (Wildman–Crippen MR) is 242 cm³/mol. The maximum absolute atomic E-state index is 13.5. The molecule has 0 radical (unpaired) electrons. The molecule has 0 saturated carbocycles. The number of urea groups is 1. The van der Waals surface area contributed by atoms with Gasteiger partial charge in [-0.25, -0.2) is 18.2 Å². The van der Waals surface area contributed by atoms with E-state index in [-0.39, 0.29) is 34.0 Å². The van der Waals surface area contributed by atoms with Gasteiger partial charge in [0.25, 0.3) is 5.91 Å². The fourth-order valence-electron chi connectivity index (χ4n) is 6.67. The van der Waals surface area contributed by atoms with Gasteiger partial charge in [-0.15, -0.1) is 0 Å². The van der Waals surface area contributed by atoms with Crippen molar-refractivity contribution in [3.63, 3.8) is 0 Å². The first-order valence-electron chi connectivity index (χ1n) is 19.7. The third kappa shape index (κ3) is 12.2.